The van der Waals surface area contributed by atoms with Gasteiger partial charge in [-0.25, -0.2) is 4.39 Å². The van der Waals surface area contributed by atoms with Gasteiger partial charge in [0.2, 0.25) is 5.91 Å². The van der Waals surface area contributed by atoms with Crippen molar-refractivity contribution in [3.8, 4) is 5.75 Å². The van der Waals surface area contributed by atoms with Crippen LogP contribution < -0.4 is 4.74 Å². The van der Waals surface area contributed by atoms with E-state index in [1.807, 2.05) is 30.5 Å². The Bertz CT molecular complexity index is 916. The fraction of sp³-hybridized carbons (Fsp3) is 0.300. The van der Waals surface area contributed by atoms with E-state index in [0.29, 0.717) is 6.54 Å². The third-order valence-electron chi connectivity index (χ3n) is 4.75. The number of hydrogen-bond donors (Lipinski definition) is 0. The average Bonchev–Trinajstić information content (AvgIpc) is 3.10. The van der Waals surface area contributed by atoms with E-state index in [1.165, 1.54) is 23.0 Å². The second-order valence-corrected chi connectivity index (χ2v) is 6.61. The molecule has 1 aliphatic rings. The minimum Gasteiger partial charge on any atom is -0.490 e. The van der Waals surface area contributed by atoms with Crippen molar-refractivity contribution >= 4 is 16.7 Å². The first-order valence-electron chi connectivity index (χ1n) is 8.77. The number of fused-ring (bicyclic) bond motifs is 1. The van der Waals surface area contributed by atoms with Gasteiger partial charge in [-0.15, -0.1) is 0 Å². The summed E-state index contributed by atoms with van der Waals surface area (Å²) in [6.07, 6.45) is 8.16. The molecule has 4 rings (SSSR count). The normalized spacial score (nSPS) is 16.0. The monoisotopic (exact) mass is 353 g/mol. The fourth-order valence-corrected chi connectivity index (χ4v) is 3.31. The van der Waals surface area contributed by atoms with Gasteiger partial charge in [-0.2, -0.15) is 0 Å². The van der Waals surface area contributed by atoms with Gasteiger partial charge in [-0.05, 0) is 48.6 Å². The lowest BCUT2D eigenvalue weighted by Crippen LogP contribution is -2.41. The third-order valence-corrected chi connectivity index (χ3v) is 4.75. The quantitative estimate of drug-likeness (QED) is 0.722. The van der Waals surface area contributed by atoms with Crippen LogP contribution in [0.1, 0.15) is 17.6 Å². The molecule has 1 saturated heterocycles. The van der Waals surface area contributed by atoms with Crippen molar-refractivity contribution in [2.24, 2.45) is 0 Å². The number of likely N-dealkylation sites (tertiary alicyclic amines) is 1. The predicted octanol–water partition coefficient (Wildman–Crippen LogP) is 3.36. The molecular formula is C20H20FN3O2. The second-order valence-electron chi connectivity index (χ2n) is 6.61. The molecule has 0 N–H and O–H groups in total. The van der Waals surface area contributed by atoms with Crippen LogP contribution in [0, 0.1) is 5.82 Å². The van der Waals surface area contributed by atoms with Crippen molar-refractivity contribution in [3.05, 3.63) is 60.9 Å². The first kappa shape index (κ1) is 16.7. The number of hydrogen-bond acceptors (Lipinski definition) is 4. The molecule has 6 heteroatoms. The highest BCUT2D eigenvalue weighted by Gasteiger charge is 2.22. The van der Waals surface area contributed by atoms with Crippen molar-refractivity contribution < 1.29 is 13.9 Å². The molecule has 0 saturated carbocycles. The van der Waals surface area contributed by atoms with E-state index in [4.69, 9.17) is 4.74 Å². The molecule has 2 aromatic heterocycles. The fourth-order valence-electron chi connectivity index (χ4n) is 3.31. The molecule has 134 valence electrons. The van der Waals surface area contributed by atoms with Crippen molar-refractivity contribution in [3.63, 3.8) is 0 Å². The molecule has 1 fully saturated rings. The molecule has 0 unspecified atom stereocenters. The SMILES string of the molecule is O=C(CN1CCC(Oc2ccc3cnccc3c2)CC1)n1ccc(F)c1. The van der Waals surface area contributed by atoms with Crippen molar-refractivity contribution in [2.75, 3.05) is 19.6 Å². The number of nitrogens with zero attached hydrogens (tertiary/aromatic N) is 3. The highest BCUT2D eigenvalue weighted by molar-refractivity contribution is 5.82. The van der Waals surface area contributed by atoms with Crippen LogP contribution in [-0.2, 0) is 0 Å². The standard InChI is InChI=1S/C20H20FN3O2/c21-17-4-10-24(13-17)20(25)14-23-8-5-18(6-9-23)26-19-2-1-16-12-22-7-3-15(16)11-19/h1-4,7,10-13,18H,5-6,8-9,14H2. The lowest BCUT2D eigenvalue weighted by molar-refractivity contribution is 0.0725. The van der Waals surface area contributed by atoms with E-state index in [-0.39, 0.29) is 12.0 Å². The first-order valence-corrected chi connectivity index (χ1v) is 8.77. The maximum atomic E-state index is 13.0. The van der Waals surface area contributed by atoms with Crippen LogP contribution in [0.4, 0.5) is 4.39 Å². The smallest absolute Gasteiger partial charge is 0.244 e. The summed E-state index contributed by atoms with van der Waals surface area (Å²) in [4.78, 5) is 18.3. The number of carbonyl (C=O) groups excluding carboxylic acids is 1. The molecule has 0 aliphatic carbocycles. The largest absolute Gasteiger partial charge is 0.490 e. The highest BCUT2D eigenvalue weighted by atomic mass is 19.1. The van der Waals surface area contributed by atoms with Crippen LogP contribution >= 0.6 is 0 Å². The van der Waals surface area contributed by atoms with Crippen LogP contribution in [0.2, 0.25) is 0 Å². The Kier molecular flexibility index (Phi) is 4.67. The number of carbonyl (C=O) groups is 1. The molecule has 0 radical (unpaired) electrons. The van der Waals surface area contributed by atoms with Gasteiger partial charge in [0.15, 0.2) is 0 Å². The minimum absolute atomic E-state index is 0.114. The summed E-state index contributed by atoms with van der Waals surface area (Å²) >= 11 is 0. The molecule has 1 aromatic carbocycles. The van der Waals surface area contributed by atoms with Gasteiger partial charge in [-0.1, -0.05) is 0 Å². The molecule has 0 spiro atoms. The van der Waals surface area contributed by atoms with Crippen LogP contribution in [0.25, 0.3) is 10.8 Å². The zero-order valence-electron chi connectivity index (χ0n) is 14.3. The zero-order valence-corrected chi connectivity index (χ0v) is 14.3. The summed E-state index contributed by atoms with van der Waals surface area (Å²) in [7, 11) is 0. The van der Waals surface area contributed by atoms with Crippen LogP contribution in [0.5, 0.6) is 5.75 Å². The lowest BCUT2D eigenvalue weighted by atomic mass is 10.1. The molecule has 5 nitrogen and oxygen atoms in total. The maximum Gasteiger partial charge on any atom is 0.244 e. The molecule has 0 bridgehead atoms. The Morgan fingerprint density at radius 2 is 2.04 bits per heavy atom. The van der Waals surface area contributed by atoms with Gasteiger partial charge >= 0.3 is 0 Å². The minimum atomic E-state index is -0.392. The molecule has 0 amide bonds. The number of ether oxygens (including phenoxy) is 1. The maximum absolute atomic E-state index is 13.0. The van der Waals surface area contributed by atoms with Gasteiger partial charge in [0, 0.05) is 43.3 Å². The Morgan fingerprint density at radius 1 is 1.19 bits per heavy atom. The lowest BCUT2D eigenvalue weighted by Gasteiger charge is -2.31. The second kappa shape index (κ2) is 7.25. The van der Waals surface area contributed by atoms with Crippen molar-refractivity contribution in [1.82, 2.24) is 14.5 Å². The molecule has 3 heterocycles. The summed E-state index contributed by atoms with van der Waals surface area (Å²) in [5, 5.41) is 2.20. The number of pyridine rings is 1. The van der Waals surface area contributed by atoms with Gasteiger partial charge in [0.05, 0.1) is 6.54 Å². The number of rotatable bonds is 4. The summed E-state index contributed by atoms with van der Waals surface area (Å²) in [5.74, 6) is 0.356. The highest BCUT2D eigenvalue weighted by Crippen LogP contribution is 2.23. The van der Waals surface area contributed by atoms with Gasteiger partial charge in [0.25, 0.3) is 0 Å². The summed E-state index contributed by atoms with van der Waals surface area (Å²) < 4.78 is 20.4. The Hall–Kier alpha value is -2.73. The van der Waals surface area contributed by atoms with E-state index < -0.39 is 5.82 Å². The van der Waals surface area contributed by atoms with E-state index in [9.17, 15) is 9.18 Å². The average molecular weight is 353 g/mol. The van der Waals surface area contributed by atoms with Crippen molar-refractivity contribution in [2.45, 2.75) is 18.9 Å². The molecule has 26 heavy (non-hydrogen) atoms. The first-order chi connectivity index (χ1) is 12.7. The number of aromatic nitrogens is 2. The number of benzene rings is 1. The summed E-state index contributed by atoms with van der Waals surface area (Å²) in [6, 6.07) is 9.29. The molecule has 0 atom stereocenters. The van der Waals surface area contributed by atoms with E-state index in [0.717, 1.165) is 42.5 Å². The van der Waals surface area contributed by atoms with E-state index in [2.05, 4.69) is 9.88 Å². The number of halogens is 1. The zero-order chi connectivity index (χ0) is 17.9. The Morgan fingerprint density at radius 3 is 2.81 bits per heavy atom. The van der Waals surface area contributed by atoms with Gasteiger partial charge in [0.1, 0.15) is 17.7 Å². The molecular weight excluding hydrogens is 333 g/mol. The van der Waals surface area contributed by atoms with Crippen LogP contribution in [0.15, 0.2) is 55.1 Å². The molecule has 1 aliphatic heterocycles. The van der Waals surface area contributed by atoms with E-state index >= 15 is 0 Å². The topological polar surface area (TPSA) is 47.4 Å². The predicted molar refractivity (Wildman–Crippen MR) is 96.8 cm³/mol. The van der Waals surface area contributed by atoms with Crippen LogP contribution in [0.3, 0.4) is 0 Å². The van der Waals surface area contributed by atoms with E-state index in [1.54, 1.807) is 6.20 Å². The van der Waals surface area contributed by atoms with Gasteiger partial charge in [-0.3, -0.25) is 19.2 Å². The van der Waals surface area contributed by atoms with Crippen LogP contribution in [-0.4, -0.2) is 46.1 Å². The summed E-state index contributed by atoms with van der Waals surface area (Å²) in [5.41, 5.74) is 0. The Labute approximate surface area is 151 Å². The van der Waals surface area contributed by atoms with Crippen molar-refractivity contribution in [1.29, 1.82) is 0 Å². The number of piperidine rings is 1. The molecule has 3 aromatic rings. The summed E-state index contributed by atoms with van der Waals surface area (Å²) in [6.45, 7) is 1.87. The Balaban J connectivity index is 1.31. The van der Waals surface area contributed by atoms with Gasteiger partial charge < -0.3 is 4.74 Å². The third kappa shape index (κ3) is 3.75.